The van der Waals surface area contributed by atoms with Crippen LogP contribution in [0.15, 0.2) is 30.7 Å². The van der Waals surface area contributed by atoms with Gasteiger partial charge in [-0.1, -0.05) is 0 Å². The standard InChI is InChI=1S/C9H10N4/c1-13-9(8(10)6-12-13)7-3-2-4-11-5-7/h2-6H,10H2,1H3. The van der Waals surface area contributed by atoms with Crippen molar-refractivity contribution in [3.8, 4) is 11.3 Å². The fourth-order valence-electron chi connectivity index (χ4n) is 1.31. The molecule has 0 atom stereocenters. The van der Waals surface area contributed by atoms with Crippen molar-refractivity contribution in [2.24, 2.45) is 7.05 Å². The molecule has 2 heterocycles. The molecule has 0 bridgehead atoms. The minimum Gasteiger partial charge on any atom is -0.396 e. The van der Waals surface area contributed by atoms with Crippen molar-refractivity contribution in [2.75, 3.05) is 5.73 Å². The molecule has 0 aliphatic heterocycles. The van der Waals surface area contributed by atoms with Gasteiger partial charge in [0.15, 0.2) is 0 Å². The molecule has 66 valence electrons. The van der Waals surface area contributed by atoms with E-state index in [2.05, 4.69) is 10.1 Å². The van der Waals surface area contributed by atoms with E-state index in [9.17, 15) is 0 Å². The van der Waals surface area contributed by atoms with E-state index in [1.54, 1.807) is 23.3 Å². The van der Waals surface area contributed by atoms with Gasteiger partial charge in [-0.3, -0.25) is 9.67 Å². The van der Waals surface area contributed by atoms with Crippen molar-refractivity contribution in [1.29, 1.82) is 0 Å². The number of nitrogens with zero attached hydrogens (tertiary/aromatic N) is 3. The summed E-state index contributed by atoms with van der Waals surface area (Å²) in [4.78, 5) is 4.03. The summed E-state index contributed by atoms with van der Waals surface area (Å²) in [6.07, 6.45) is 5.14. The molecule has 0 saturated heterocycles. The van der Waals surface area contributed by atoms with Crippen LogP contribution in [0.5, 0.6) is 0 Å². The summed E-state index contributed by atoms with van der Waals surface area (Å²) in [5, 5.41) is 4.06. The van der Waals surface area contributed by atoms with E-state index >= 15 is 0 Å². The third-order valence-electron chi connectivity index (χ3n) is 1.90. The lowest BCUT2D eigenvalue weighted by Crippen LogP contribution is -1.95. The lowest BCUT2D eigenvalue weighted by atomic mass is 10.2. The number of pyridine rings is 1. The minimum absolute atomic E-state index is 0.676. The second-order valence-electron chi connectivity index (χ2n) is 2.81. The second-order valence-corrected chi connectivity index (χ2v) is 2.81. The Bertz CT molecular complexity index is 385. The molecule has 2 N–H and O–H groups in total. The molecule has 2 aromatic heterocycles. The molecule has 4 nitrogen and oxygen atoms in total. The third kappa shape index (κ3) is 1.26. The van der Waals surface area contributed by atoms with E-state index in [0.717, 1.165) is 11.3 Å². The zero-order chi connectivity index (χ0) is 9.26. The summed E-state index contributed by atoms with van der Waals surface area (Å²) in [5.41, 5.74) is 8.34. The zero-order valence-electron chi connectivity index (χ0n) is 7.31. The fraction of sp³-hybridized carbons (Fsp3) is 0.111. The van der Waals surface area contributed by atoms with Gasteiger partial charge in [0.1, 0.15) is 0 Å². The monoisotopic (exact) mass is 174 g/mol. The average molecular weight is 174 g/mol. The summed E-state index contributed by atoms with van der Waals surface area (Å²) in [6, 6.07) is 3.84. The molecule has 13 heavy (non-hydrogen) atoms. The first-order valence-electron chi connectivity index (χ1n) is 3.97. The molecule has 0 unspecified atom stereocenters. The molecule has 0 spiro atoms. The van der Waals surface area contributed by atoms with E-state index in [0.29, 0.717) is 5.69 Å². The molecule has 0 aliphatic rings. The van der Waals surface area contributed by atoms with Crippen molar-refractivity contribution < 1.29 is 0 Å². The Balaban J connectivity index is 2.59. The number of hydrogen-bond acceptors (Lipinski definition) is 3. The van der Waals surface area contributed by atoms with E-state index in [-0.39, 0.29) is 0 Å². The lowest BCUT2D eigenvalue weighted by Gasteiger charge is -2.01. The van der Waals surface area contributed by atoms with Crippen molar-refractivity contribution in [3.63, 3.8) is 0 Å². The SMILES string of the molecule is Cn1ncc(N)c1-c1cccnc1. The quantitative estimate of drug-likeness (QED) is 0.703. The first-order chi connectivity index (χ1) is 6.29. The summed E-state index contributed by atoms with van der Waals surface area (Å²) in [5.74, 6) is 0. The molecule has 0 aromatic carbocycles. The Morgan fingerprint density at radius 1 is 1.38 bits per heavy atom. The normalized spacial score (nSPS) is 10.2. The van der Waals surface area contributed by atoms with Gasteiger partial charge in [-0.15, -0.1) is 0 Å². The Hall–Kier alpha value is -1.84. The summed E-state index contributed by atoms with van der Waals surface area (Å²) in [7, 11) is 1.86. The molecule has 4 heteroatoms. The Morgan fingerprint density at radius 2 is 2.23 bits per heavy atom. The average Bonchev–Trinajstić information content (AvgIpc) is 2.48. The molecule has 0 amide bonds. The highest BCUT2D eigenvalue weighted by Gasteiger charge is 2.06. The first kappa shape index (κ1) is 7.79. The van der Waals surface area contributed by atoms with Gasteiger partial charge < -0.3 is 5.73 Å². The predicted molar refractivity (Wildman–Crippen MR) is 50.9 cm³/mol. The van der Waals surface area contributed by atoms with Crippen LogP contribution in [0.25, 0.3) is 11.3 Å². The number of anilines is 1. The van der Waals surface area contributed by atoms with Crippen LogP contribution in [0.1, 0.15) is 0 Å². The van der Waals surface area contributed by atoms with Gasteiger partial charge in [-0.2, -0.15) is 5.10 Å². The maximum absolute atomic E-state index is 5.76. The van der Waals surface area contributed by atoms with Crippen LogP contribution in [0, 0.1) is 0 Å². The van der Waals surface area contributed by atoms with E-state index < -0.39 is 0 Å². The van der Waals surface area contributed by atoms with Gasteiger partial charge in [-0.25, -0.2) is 0 Å². The Morgan fingerprint density at radius 3 is 2.77 bits per heavy atom. The van der Waals surface area contributed by atoms with Crippen molar-refractivity contribution in [2.45, 2.75) is 0 Å². The van der Waals surface area contributed by atoms with Gasteiger partial charge in [-0.05, 0) is 12.1 Å². The highest BCUT2D eigenvalue weighted by Crippen LogP contribution is 2.23. The number of hydrogen-bond donors (Lipinski definition) is 1. The maximum atomic E-state index is 5.76. The second kappa shape index (κ2) is 2.90. The van der Waals surface area contributed by atoms with Crippen molar-refractivity contribution in [3.05, 3.63) is 30.7 Å². The fourth-order valence-corrected chi connectivity index (χ4v) is 1.31. The van der Waals surface area contributed by atoms with E-state index in [1.165, 1.54) is 0 Å². The van der Waals surface area contributed by atoms with Crippen LogP contribution in [0.3, 0.4) is 0 Å². The molecule has 0 aliphatic carbocycles. The van der Waals surface area contributed by atoms with Crippen LogP contribution >= 0.6 is 0 Å². The first-order valence-corrected chi connectivity index (χ1v) is 3.97. The smallest absolute Gasteiger partial charge is 0.0924 e. The van der Waals surface area contributed by atoms with E-state index in [4.69, 9.17) is 5.73 Å². The number of aryl methyl sites for hydroxylation is 1. The van der Waals surface area contributed by atoms with Crippen LogP contribution in [0.4, 0.5) is 5.69 Å². The molecular formula is C9H10N4. The van der Waals surface area contributed by atoms with Crippen LogP contribution < -0.4 is 5.73 Å². The van der Waals surface area contributed by atoms with E-state index in [1.807, 2.05) is 19.2 Å². The largest absolute Gasteiger partial charge is 0.396 e. The van der Waals surface area contributed by atoms with Gasteiger partial charge in [0.05, 0.1) is 17.6 Å². The number of nitrogens with two attached hydrogens (primary N) is 1. The zero-order valence-corrected chi connectivity index (χ0v) is 7.31. The molecular weight excluding hydrogens is 164 g/mol. The maximum Gasteiger partial charge on any atom is 0.0924 e. The number of aromatic nitrogens is 3. The van der Waals surface area contributed by atoms with Crippen molar-refractivity contribution in [1.82, 2.24) is 14.8 Å². The number of nitrogen functional groups attached to an aromatic ring is 1. The van der Waals surface area contributed by atoms with Crippen LogP contribution in [-0.4, -0.2) is 14.8 Å². The molecule has 2 aromatic rings. The topological polar surface area (TPSA) is 56.7 Å². The molecule has 0 fully saturated rings. The van der Waals surface area contributed by atoms with Crippen molar-refractivity contribution >= 4 is 5.69 Å². The predicted octanol–water partition coefficient (Wildman–Crippen LogP) is 1.06. The molecule has 0 radical (unpaired) electrons. The highest BCUT2D eigenvalue weighted by atomic mass is 15.3. The third-order valence-corrected chi connectivity index (χ3v) is 1.90. The van der Waals surface area contributed by atoms with Gasteiger partial charge in [0, 0.05) is 25.0 Å². The highest BCUT2D eigenvalue weighted by molar-refractivity contribution is 5.71. The lowest BCUT2D eigenvalue weighted by molar-refractivity contribution is 0.775. The Labute approximate surface area is 76.0 Å². The van der Waals surface area contributed by atoms with Gasteiger partial charge >= 0.3 is 0 Å². The number of rotatable bonds is 1. The minimum atomic E-state index is 0.676. The molecule has 0 saturated carbocycles. The van der Waals surface area contributed by atoms with Crippen LogP contribution in [0.2, 0.25) is 0 Å². The van der Waals surface area contributed by atoms with Gasteiger partial charge in [0.2, 0.25) is 0 Å². The Kier molecular flexibility index (Phi) is 1.73. The van der Waals surface area contributed by atoms with Gasteiger partial charge in [0.25, 0.3) is 0 Å². The molecule has 2 rings (SSSR count). The summed E-state index contributed by atoms with van der Waals surface area (Å²) < 4.78 is 1.74. The summed E-state index contributed by atoms with van der Waals surface area (Å²) >= 11 is 0. The van der Waals surface area contributed by atoms with Crippen LogP contribution in [-0.2, 0) is 7.05 Å². The summed E-state index contributed by atoms with van der Waals surface area (Å²) in [6.45, 7) is 0.